The summed E-state index contributed by atoms with van der Waals surface area (Å²) in [5.74, 6) is -2.60. The minimum Gasteiger partial charge on any atom is -0.337 e. The van der Waals surface area contributed by atoms with E-state index < -0.39 is 23.1 Å². The van der Waals surface area contributed by atoms with E-state index in [9.17, 15) is 18.4 Å². The van der Waals surface area contributed by atoms with E-state index in [-0.39, 0.29) is 5.69 Å². The van der Waals surface area contributed by atoms with E-state index >= 15 is 0 Å². The lowest BCUT2D eigenvalue weighted by Gasteiger charge is -2.06. The van der Waals surface area contributed by atoms with Crippen LogP contribution < -0.4 is 5.32 Å². The molecule has 0 aliphatic rings. The molecule has 0 spiro atoms. The largest absolute Gasteiger partial charge is 0.337 e. The van der Waals surface area contributed by atoms with Gasteiger partial charge in [-0.05, 0) is 24.3 Å². The maximum Gasteiger partial charge on any atom is 0.261 e. The topological polar surface area (TPSA) is 104 Å². The highest BCUT2D eigenvalue weighted by Gasteiger charge is 2.20. The summed E-state index contributed by atoms with van der Waals surface area (Å²) in [6.45, 7) is 0. The number of fused-ring (bicyclic) bond motifs is 1. The number of anilines is 1. The van der Waals surface area contributed by atoms with Crippen LogP contribution in [-0.4, -0.2) is 32.4 Å². The Morgan fingerprint density at radius 3 is 2.59 bits per heavy atom. The van der Waals surface area contributed by atoms with Crippen molar-refractivity contribution in [2.75, 3.05) is 5.32 Å². The Labute approximate surface area is 150 Å². The number of H-pyrrole nitrogens is 2. The summed E-state index contributed by atoms with van der Waals surface area (Å²) in [6.07, 6.45) is 1.98. The predicted octanol–water partition coefficient (Wildman–Crippen LogP) is 3.30. The highest BCUT2D eigenvalue weighted by molar-refractivity contribution is 6.06. The number of carbonyl (C=O) groups is 2. The zero-order valence-electron chi connectivity index (χ0n) is 13.6. The molecule has 4 rings (SSSR count). The second-order valence-electron chi connectivity index (χ2n) is 5.66. The Hall–Kier alpha value is -3.88. The summed E-state index contributed by atoms with van der Waals surface area (Å²) in [5.41, 5.74) is 1.24. The number of rotatable bonds is 4. The van der Waals surface area contributed by atoms with Gasteiger partial charge in [-0.15, -0.1) is 0 Å². The molecule has 0 aliphatic heterocycles. The molecule has 0 aliphatic carbocycles. The molecule has 0 saturated carbocycles. The number of hydrogen-bond acceptors (Lipinski definition) is 4. The van der Waals surface area contributed by atoms with Gasteiger partial charge in [0.15, 0.2) is 12.1 Å². The fourth-order valence-corrected chi connectivity index (χ4v) is 2.73. The van der Waals surface area contributed by atoms with Crippen molar-refractivity contribution < 1.29 is 18.4 Å². The van der Waals surface area contributed by atoms with Gasteiger partial charge in [0, 0.05) is 5.56 Å². The smallest absolute Gasteiger partial charge is 0.261 e. The molecule has 0 atom stereocenters. The van der Waals surface area contributed by atoms with Gasteiger partial charge in [0.2, 0.25) is 0 Å². The SMILES string of the molecule is O=Cc1cccc2[nH]c(-c3[nH]ncc3NC(=O)c3c(F)cccc3F)nc12. The molecule has 0 unspecified atom stereocenters. The van der Waals surface area contributed by atoms with Gasteiger partial charge in [0.1, 0.15) is 22.9 Å². The van der Waals surface area contributed by atoms with Crippen LogP contribution >= 0.6 is 0 Å². The van der Waals surface area contributed by atoms with Crippen LogP contribution in [0.5, 0.6) is 0 Å². The van der Waals surface area contributed by atoms with Crippen LogP contribution in [0.3, 0.4) is 0 Å². The number of benzene rings is 2. The highest BCUT2D eigenvalue weighted by atomic mass is 19.1. The Balaban J connectivity index is 1.72. The van der Waals surface area contributed by atoms with Gasteiger partial charge in [-0.2, -0.15) is 5.10 Å². The molecule has 9 heteroatoms. The quantitative estimate of drug-likeness (QED) is 0.482. The van der Waals surface area contributed by atoms with Crippen LogP contribution in [0.4, 0.5) is 14.5 Å². The molecule has 0 saturated heterocycles. The summed E-state index contributed by atoms with van der Waals surface area (Å²) in [4.78, 5) is 30.8. The van der Waals surface area contributed by atoms with Crippen molar-refractivity contribution >= 4 is 28.9 Å². The van der Waals surface area contributed by atoms with E-state index in [4.69, 9.17) is 0 Å². The molecule has 27 heavy (non-hydrogen) atoms. The van der Waals surface area contributed by atoms with E-state index in [1.165, 1.54) is 12.3 Å². The Bertz CT molecular complexity index is 1160. The molecule has 0 radical (unpaired) electrons. The lowest BCUT2D eigenvalue weighted by Crippen LogP contribution is -2.16. The van der Waals surface area contributed by atoms with Gasteiger partial charge in [0.05, 0.1) is 22.9 Å². The molecule has 134 valence electrons. The molecular formula is C18H11F2N5O2. The van der Waals surface area contributed by atoms with Crippen LogP contribution in [-0.2, 0) is 0 Å². The maximum atomic E-state index is 13.8. The molecule has 2 aromatic carbocycles. The molecule has 2 aromatic heterocycles. The lowest BCUT2D eigenvalue weighted by atomic mass is 10.2. The van der Waals surface area contributed by atoms with Gasteiger partial charge in [-0.25, -0.2) is 13.8 Å². The second kappa shape index (κ2) is 6.45. The molecule has 0 fully saturated rings. The van der Waals surface area contributed by atoms with E-state index in [2.05, 4.69) is 25.5 Å². The number of aromatic amines is 2. The number of carbonyl (C=O) groups excluding carboxylic acids is 2. The zero-order chi connectivity index (χ0) is 19.0. The monoisotopic (exact) mass is 367 g/mol. The van der Waals surface area contributed by atoms with Crippen LogP contribution in [0.1, 0.15) is 20.7 Å². The normalized spacial score (nSPS) is 10.9. The van der Waals surface area contributed by atoms with Gasteiger partial charge in [-0.1, -0.05) is 12.1 Å². The molecule has 4 aromatic rings. The number of imidazole rings is 1. The first-order chi connectivity index (χ1) is 13.1. The Kier molecular flexibility index (Phi) is 3.96. The number of nitrogens with one attached hydrogen (secondary N) is 3. The van der Waals surface area contributed by atoms with Crippen molar-refractivity contribution in [2.45, 2.75) is 0 Å². The van der Waals surface area contributed by atoms with E-state index in [0.717, 1.165) is 12.1 Å². The van der Waals surface area contributed by atoms with Crippen molar-refractivity contribution in [3.05, 3.63) is 65.4 Å². The summed E-state index contributed by atoms with van der Waals surface area (Å²) in [6, 6.07) is 8.22. The number of amides is 1. The van der Waals surface area contributed by atoms with Gasteiger partial charge in [-0.3, -0.25) is 14.7 Å². The first-order valence-corrected chi connectivity index (χ1v) is 7.81. The van der Waals surface area contributed by atoms with Gasteiger partial charge < -0.3 is 10.3 Å². The summed E-state index contributed by atoms with van der Waals surface area (Å²) < 4.78 is 27.6. The number of halogens is 2. The third-order valence-corrected chi connectivity index (χ3v) is 3.99. The van der Waals surface area contributed by atoms with Crippen molar-refractivity contribution in [3.8, 4) is 11.5 Å². The average molecular weight is 367 g/mol. The van der Waals surface area contributed by atoms with Crippen molar-refractivity contribution in [1.29, 1.82) is 0 Å². The molecule has 3 N–H and O–H groups in total. The van der Waals surface area contributed by atoms with Crippen molar-refractivity contribution in [1.82, 2.24) is 20.2 Å². The van der Waals surface area contributed by atoms with Crippen LogP contribution in [0, 0.1) is 11.6 Å². The van der Waals surface area contributed by atoms with E-state index in [1.54, 1.807) is 18.2 Å². The second-order valence-corrected chi connectivity index (χ2v) is 5.66. The van der Waals surface area contributed by atoms with Crippen LogP contribution in [0.2, 0.25) is 0 Å². The minimum atomic E-state index is -0.975. The lowest BCUT2D eigenvalue weighted by molar-refractivity contribution is 0.101. The van der Waals surface area contributed by atoms with Crippen LogP contribution in [0.15, 0.2) is 42.6 Å². The molecule has 0 bridgehead atoms. The molecule has 1 amide bonds. The maximum absolute atomic E-state index is 13.8. The van der Waals surface area contributed by atoms with Crippen LogP contribution in [0.25, 0.3) is 22.6 Å². The first-order valence-electron chi connectivity index (χ1n) is 7.81. The van der Waals surface area contributed by atoms with Gasteiger partial charge in [0.25, 0.3) is 5.91 Å². The molecule has 2 heterocycles. The van der Waals surface area contributed by atoms with Crippen molar-refractivity contribution in [2.24, 2.45) is 0 Å². The number of nitrogens with zero attached hydrogens (tertiary/aromatic N) is 2. The standard InChI is InChI=1S/C18H11F2N5O2/c19-10-4-2-5-11(20)14(10)18(27)23-13-7-21-25-16(13)17-22-12-6-1-3-9(8-26)15(12)24-17/h1-8H,(H,21,25)(H,22,24)(H,23,27). The number of hydrogen-bond donors (Lipinski definition) is 3. The summed E-state index contributed by atoms with van der Waals surface area (Å²) in [7, 11) is 0. The minimum absolute atomic E-state index is 0.175. The first kappa shape index (κ1) is 16.6. The fraction of sp³-hybridized carbons (Fsp3) is 0. The predicted molar refractivity (Wildman–Crippen MR) is 93.4 cm³/mol. The molecular weight excluding hydrogens is 356 g/mol. The molecule has 7 nitrogen and oxygen atoms in total. The fourth-order valence-electron chi connectivity index (χ4n) is 2.73. The third kappa shape index (κ3) is 2.84. The summed E-state index contributed by atoms with van der Waals surface area (Å²) in [5, 5.41) is 8.94. The number of aldehydes is 1. The zero-order valence-corrected chi connectivity index (χ0v) is 13.6. The average Bonchev–Trinajstić information content (AvgIpc) is 3.27. The Morgan fingerprint density at radius 1 is 1.11 bits per heavy atom. The third-order valence-electron chi connectivity index (χ3n) is 3.99. The Morgan fingerprint density at radius 2 is 1.85 bits per heavy atom. The van der Waals surface area contributed by atoms with E-state index in [1.807, 2.05) is 0 Å². The summed E-state index contributed by atoms with van der Waals surface area (Å²) >= 11 is 0. The highest BCUT2D eigenvalue weighted by Crippen LogP contribution is 2.27. The number of aromatic nitrogens is 4. The van der Waals surface area contributed by atoms with Gasteiger partial charge >= 0.3 is 0 Å². The van der Waals surface area contributed by atoms with Crippen molar-refractivity contribution in [3.63, 3.8) is 0 Å². The number of para-hydroxylation sites is 1. The van der Waals surface area contributed by atoms with E-state index in [0.29, 0.717) is 34.4 Å².